The Hall–Kier alpha value is -1.61. The van der Waals surface area contributed by atoms with E-state index in [0.29, 0.717) is 6.42 Å². The molecule has 0 saturated heterocycles. The molecule has 29 heavy (non-hydrogen) atoms. The summed E-state index contributed by atoms with van der Waals surface area (Å²) < 4.78 is 27.5. The average molecular weight is 443 g/mol. The summed E-state index contributed by atoms with van der Waals surface area (Å²) >= 11 is 0.794. The van der Waals surface area contributed by atoms with Gasteiger partial charge in [0.15, 0.2) is 0 Å². The Balaban J connectivity index is 2.09. The van der Waals surface area contributed by atoms with Crippen molar-refractivity contribution < 1.29 is 13.2 Å². The van der Waals surface area contributed by atoms with Crippen LogP contribution in [0.2, 0.25) is 0 Å². The van der Waals surface area contributed by atoms with Crippen LogP contribution in [0.4, 0.5) is 5.13 Å². The first-order valence-electron chi connectivity index (χ1n) is 10.5. The van der Waals surface area contributed by atoms with Crippen molar-refractivity contribution in [1.29, 1.82) is 0 Å². The average Bonchev–Trinajstić information content (AvgIpc) is 3.13. The SMILES string of the molecule is CCCCCC/C=C\CCCCCCCC=NS(=O)(=O)c1nnc(NC(C)=O)s1. The standard InChI is InChI=1S/C20H34N4O3S2/c1-3-4-5-6-7-8-9-10-11-12-13-14-15-16-17-21-29(26,27)20-24-23-19(28-20)22-18(2)25/h8-9,17H,3-7,10-16H2,1-2H3,(H,22,23,25)/b9-8-,21-17?. The molecule has 1 heterocycles. The van der Waals surface area contributed by atoms with E-state index in [4.69, 9.17) is 0 Å². The van der Waals surface area contributed by atoms with Crippen molar-refractivity contribution in [3.05, 3.63) is 12.2 Å². The van der Waals surface area contributed by atoms with Gasteiger partial charge in [-0.15, -0.1) is 10.2 Å². The third-order valence-electron chi connectivity index (χ3n) is 4.22. The van der Waals surface area contributed by atoms with Gasteiger partial charge in [0.1, 0.15) is 0 Å². The van der Waals surface area contributed by atoms with Crippen LogP contribution in [0.5, 0.6) is 0 Å². The second-order valence-electron chi connectivity index (χ2n) is 6.98. The molecule has 1 rings (SSSR count). The van der Waals surface area contributed by atoms with Gasteiger partial charge in [0.05, 0.1) is 0 Å². The molecule has 1 N–H and O–H groups in total. The number of hydrogen-bond donors (Lipinski definition) is 1. The Morgan fingerprint density at radius 1 is 0.966 bits per heavy atom. The summed E-state index contributed by atoms with van der Waals surface area (Å²) in [5, 5.41) is 9.75. The van der Waals surface area contributed by atoms with Crippen molar-refractivity contribution in [3.8, 4) is 0 Å². The summed E-state index contributed by atoms with van der Waals surface area (Å²) in [7, 11) is -3.84. The van der Waals surface area contributed by atoms with E-state index in [1.165, 1.54) is 58.1 Å². The summed E-state index contributed by atoms with van der Waals surface area (Å²) in [6.07, 6.45) is 19.8. The predicted octanol–water partition coefficient (Wildman–Crippen LogP) is 5.51. The largest absolute Gasteiger partial charge is 0.311 e. The van der Waals surface area contributed by atoms with Gasteiger partial charge < -0.3 is 5.32 Å². The first-order valence-corrected chi connectivity index (χ1v) is 12.8. The summed E-state index contributed by atoms with van der Waals surface area (Å²) in [4.78, 5) is 10.9. The fraction of sp³-hybridized carbons (Fsp3) is 0.700. The Morgan fingerprint density at radius 2 is 1.55 bits per heavy atom. The molecule has 1 aromatic heterocycles. The van der Waals surface area contributed by atoms with Crippen LogP contribution >= 0.6 is 11.3 Å². The molecular formula is C20H34N4O3S2. The van der Waals surface area contributed by atoms with Gasteiger partial charge in [-0.05, 0) is 38.5 Å². The number of sulfonamides is 1. The Labute approximate surface area is 179 Å². The second-order valence-corrected chi connectivity index (χ2v) is 9.77. The Morgan fingerprint density at radius 3 is 2.17 bits per heavy atom. The first-order chi connectivity index (χ1) is 14.0. The number of nitrogens with one attached hydrogen (secondary N) is 1. The van der Waals surface area contributed by atoms with E-state index < -0.39 is 10.0 Å². The van der Waals surface area contributed by atoms with E-state index in [1.54, 1.807) is 0 Å². The highest BCUT2D eigenvalue weighted by Crippen LogP contribution is 2.21. The molecule has 1 aromatic rings. The number of hydrogen-bond acceptors (Lipinski definition) is 6. The number of nitrogens with zero attached hydrogens (tertiary/aromatic N) is 3. The van der Waals surface area contributed by atoms with E-state index in [9.17, 15) is 13.2 Å². The maximum atomic E-state index is 12.1. The van der Waals surface area contributed by atoms with Crippen LogP contribution < -0.4 is 5.32 Å². The van der Waals surface area contributed by atoms with E-state index in [-0.39, 0.29) is 15.4 Å². The summed E-state index contributed by atoms with van der Waals surface area (Å²) in [5.74, 6) is -0.327. The van der Waals surface area contributed by atoms with Crippen molar-refractivity contribution in [2.75, 3.05) is 5.32 Å². The minimum atomic E-state index is -3.84. The number of carbonyl (C=O) groups excluding carboxylic acids is 1. The van der Waals surface area contributed by atoms with Crippen molar-refractivity contribution in [1.82, 2.24) is 10.2 Å². The zero-order valence-corrected chi connectivity index (χ0v) is 19.2. The minimum absolute atomic E-state index is 0.151. The smallest absolute Gasteiger partial charge is 0.301 e. The second kappa shape index (κ2) is 15.3. The van der Waals surface area contributed by atoms with Gasteiger partial charge >= 0.3 is 10.0 Å². The number of unbranched alkanes of at least 4 members (excludes halogenated alkanes) is 10. The number of aromatic nitrogens is 2. The van der Waals surface area contributed by atoms with Gasteiger partial charge in [-0.1, -0.05) is 68.9 Å². The molecule has 0 bridgehead atoms. The maximum absolute atomic E-state index is 12.1. The maximum Gasteiger partial charge on any atom is 0.311 e. The van der Waals surface area contributed by atoms with Crippen LogP contribution in [0.3, 0.4) is 0 Å². The molecule has 0 saturated carbocycles. The van der Waals surface area contributed by atoms with Crippen LogP contribution in [-0.4, -0.2) is 30.7 Å². The lowest BCUT2D eigenvalue weighted by molar-refractivity contribution is -0.114. The molecule has 0 aliphatic heterocycles. The number of rotatable bonds is 16. The van der Waals surface area contributed by atoms with Gasteiger partial charge in [0, 0.05) is 13.1 Å². The third kappa shape index (κ3) is 12.5. The number of anilines is 1. The molecule has 0 aromatic carbocycles. The number of allylic oxidation sites excluding steroid dienone is 2. The molecule has 0 atom stereocenters. The van der Waals surface area contributed by atoms with E-state index >= 15 is 0 Å². The van der Waals surface area contributed by atoms with Gasteiger partial charge in [-0.2, -0.15) is 12.8 Å². The fourth-order valence-electron chi connectivity index (χ4n) is 2.66. The molecular weight excluding hydrogens is 408 g/mol. The predicted molar refractivity (Wildman–Crippen MR) is 120 cm³/mol. The zero-order chi connectivity index (χ0) is 21.4. The van der Waals surface area contributed by atoms with Crippen molar-refractivity contribution in [2.24, 2.45) is 4.40 Å². The molecule has 0 unspecified atom stereocenters. The monoisotopic (exact) mass is 442 g/mol. The van der Waals surface area contributed by atoms with E-state index in [2.05, 4.69) is 39.0 Å². The van der Waals surface area contributed by atoms with Gasteiger partial charge in [-0.25, -0.2) is 0 Å². The van der Waals surface area contributed by atoms with Crippen molar-refractivity contribution in [3.63, 3.8) is 0 Å². The van der Waals surface area contributed by atoms with Crippen LogP contribution in [0.1, 0.15) is 90.9 Å². The molecule has 164 valence electrons. The summed E-state index contributed by atoms with van der Waals surface area (Å²) in [6, 6.07) is 0. The topological polar surface area (TPSA) is 101 Å². The molecule has 7 nitrogen and oxygen atoms in total. The number of amides is 1. The molecule has 1 amide bonds. The highest BCUT2D eigenvalue weighted by molar-refractivity contribution is 7.92. The molecule has 0 fully saturated rings. The summed E-state index contributed by atoms with van der Waals surface area (Å²) in [5.41, 5.74) is 0. The molecule has 0 radical (unpaired) electrons. The fourth-order valence-corrected chi connectivity index (χ4v) is 4.51. The van der Waals surface area contributed by atoms with Crippen LogP contribution in [0.25, 0.3) is 0 Å². The van der Waals surface area contributed by atoms with Crippen LogP contribution in [0, 0.1) is 0 Å². The number of carbonyl (C=O) groups is 1. The highest BCUT2D eigenvalue weighted by Gasteiger charge is 2.18. The van der Waals surface area contributed by atoms with E-state index in [1.807, 2.05) is 0 Å². The lowest BCUT2D eigenvalue weighted by Crippen LogP contribution is -2.04. The molecule has 0 spiro atoms. The lowest BCUT2D eigenvalue weighted by Gasteiger charge is -1.98. The Kier molecular flexibility index (Phi) is 13.4. The summed E-state index contributed by atoms with van der Waals surface area (Å²) in [6.45, 7) is 3.55. The van der Waals surface area contributed by atoms with Crippen molar-refractivity contribution >= 4 is 38.6 Å². The van der Waals surface area contributed by atoms with Crippen molar-refractivity contribution in [2.45, 2.75) is 95.2 Å². The quantitative estimate of drug-likeness (QED) is 0.157. The van der Waals surface area contributed by atoms with Crippen LogP contribution in [-0.2, 0) is 14.8 Å². The molecule has 0 aliphatic rings. The molecule has 9 heteroatoms. The van der Waals surface area contributed by atoms with E-state index in [0.717, 1.165) is 37.0 Å². The minimum Gasteiger partial charge on any atom is -0.301 e. The van der Waals surface area contributed by atoms with Gasteiger partial charge in [-0.3, -0.25) is 4.79 Å². The van der Waals surface area contributed by atoms with Crippen LogP contribution in [0.15, 0.2) is 20.9 Å². The molecule has 0 aliphatic carbocycles. The lowest BCUT2D eigenvalue weighted by atomic mass is 10.1. The van der Waals surface area contributed by atoms with Gasteiger partial charge in [0.25, 0.3) is 4.34 Å². The zero-order valence-electron chi connectivity index (χ0n) is 17.6. The normalized spacial score (nSPS) is 12.2. The van der Waals surface area contributed by atoms with Gasteiger partial charge in [0.2, 0.25) is 11.0 Å². The Bertz CT molecular complexity index is 743. The first kappa shape index (κ1) is 25.4. The third-order valence-corrected chi connectivity index (χ3v) is 6.68. The highest BCUT2D eigenvalue weighted by atomic mass is 32.2.